The normalized spacial score (nSPS) is 12.7. The summed E-state index contributed by atoms with van der Waals surface area (Å²) in [6.07, 6.45) is 6.22. The Bertz CT molecular complexity index is 955. The van der Waals surface area contributed by atoms with Crippen LogP contribution in [0, 0.1) is 0 Å². The average Bonchev–Trinajstić information content (AvgIpc) is 3.06. The van der Waals surface area contributed by atoms with E-state index in [-0.39, 0.29) is 4.90 Å². The van der Waals surface area contributed by atoms with Gasteiger partial charge < -0.3 is 9.30 Å². The maximum Gasteiger partial charge on any atom is 0.243 e. The summed E-state index contributed by atoms with van der Waals surface area (Å²) in [6, 6.07) is 9.63. The zero-order valence-corrected chi connectivity index (χ0v) is 14.6. The van der Waals surface area contributed by atoms with Crippen LogP contribution in [0.5, 0.6) is 5.75 Å². The number of sulfonamides is 1. The predicted octanol–water partition coefficient (Wildman–Crippen LogP) is 1.89. The summed E-state index contributed by atoms with van der Waals surface area (Å²) in [5, 5.41) is 0. The van der Waals surface area contributed by atoms with Crippen LogP contribution in [-0.4, -0.2) is 30.1 Å². The van der Waals surface area contributed by atoms with E-state index in [1.54, 1.807) is 42.3 Å². The lowest BCUT2D eigenvalue weighted by Gasteiger charge is -2.19. The maximum atomic E-state index is 12.8. The Hall–Kier alpha value is -2.71. The number of imidazole rings is 1. The molecule has 130 valence electrons. The van der Waals surface area contributed by atoms with Crippen molar-refractivity contribution in [2.45, 2.75) is 10.9 Å². The minimum absolute atomic E-state index is 0.0945. The van der Waals surface area contributed by atoms with E-state index in [2.05, 4.69) is 14.7 Å². The van der Waals surface area contributed by atoms with Gasteiger partial charge in [-0.1, -0.05) is 12.1 Å². The number of nitrogens with zero attached hydrogens (tertiary/aromatic N) is 3. The molecule has 1 aromatic carbocycles. The maximum absolute atomic E-state index is 12.8. The van der Waals surface area contributed by atoms with Gasteiger partial charge in [0.25, 0.3) is 0 Å². The fraction of sp³-hybridized carbons (Fsp3) is 0.176. The van der Waals surface area contributed by atoms with E-state index in [1.807, 2.05) is 19.2 Å². The number of nitrogens with one attached hydrogen (secondary N) is 1. The molecule has 1 N–H and O–H groups in total. The van der Waals surface area contributed by atoms with E-state index in [0.29, 0.717) is 11.6 Å². The monoisotopic (exact) mass is 358 g/mol. The van der Waals surface area contributed by atoms with Gasteiger partial charge in [0.05, 0.1) is 7.11 Å². The van der Waals surface area contributed by atoms with E-state index in [4.69, 9.17) is 4.74 Å². The molecule has 3 aromatic rings. The minimum atomic E-state index is -3.78. The van der Waals surface area contributed by atoms with Gasteiger partial charge in [-0.3, -0.25) is 4.98 Å². The highest BCUT2D eigenvalue weighted by Crippen LogP contribution is 2.26. The molecule has 0 saturated heterocycles. The summed E-state index contributed by atoms with van der Waals surface area (Å²) in [6.45, 7) is 0. The van der Waals surface area contributed by atoms with Gasteiger partial charge in [0.1, 0.15) is 22.5 Å². The molecule has 2 heterocycles. The van der Waals surface area contributed by atoms with Gasteiger partial charge in [-0.25, -0.2) is 13.4 Å². The first-order chi connectivity index (χ1) is 12.0. The molecule has 0 radical (unpaired) electrons. The first-order valence-corrected chi connectivity index (χ1v) is 9.03. The van der Waals surface area contributed by atoms with Crippen LogP contribution >= 0.6 is 0 Å². The van der Waals surface area contributed by atoms with E-state index in [0.717, 1.165) is 5.56 Å². The first-order valence-electron chi connectivity index (χ1n) is 7.55. The summed E-state index contributed by atoms with van der Waals surface area (Å²) >= 11 is 0. The van der Waals surface area contributed by atoms with Gasteiger partial charge in [-0.05, 0) is 29.8 Å². The van der Waals surface area contributed by atoms with Gasteiger partial charge in [0, 0.05) is 31.8 Å². The molecule has 3 rings (SSSR count). The molecule has 0 aliphatic rings. The quantitative estimate of drug-likeness (QED) is 0.727. The highest BCUT2D eigenvalue weighted by molar-refractivity contribution is 7.89. The second kappa shape index (κ2) is 7.04. The fourth-order valence-corrected chi connectivity index (χ4v) is 3.62. The standard InChI is InChI=1S/C17H18N4O3S/c1-21-10-9-19-17(21)16(13-5-3-6-14(11-13)24-2)20-25(22,23)15-7-4-8-18-12-15/h3-12,16,20H,1-2H3. The second-order valence-electron chi connectivity index (χ2n) is 5.42. The number of methoxy groups -OCH3 is 1. The van der Waals surface area contributed by atoms with Crippen LogP contribution in [0.3, 0.4) is 0 Å². The van der Waals surface area contributed by atoms with Crippen molar-refractivity contribution in [3.63, 3.8) is 0 Å². The Labute approximate surface area is 146 Å². The number of rotatable bonds is 6. The van der Waals surface area contributed by atoms with Crippen molar-refractivity contribution in [3.8, 4) is 5.75 Å². The van der Waals surface area contributed by atoms with Crippen molar-refractivity contribution in [2.75, 3.05) is 7.11 Å². The van der Waals surface area contributed by atoms with Gasteiger partial charge >= 0.3 is 0 Å². The Kier molecular flexibility index (Phi) is 4.82. The molecule has 1 atom stereocenters. The summed E-state index contributed by atoms with van der Waals surface area (Å²) in [7, 11) is -0.399. The molecule has 0 amide bonds. The highest BCUT2D eigenvalue weighted by Gasteiger charge is 2.26. The van der Waals surface area contributed by atoms with Crippen molar-refractivity contribution in [2.24, 2.45) is 7.05 Å². The lowest BCUT2D eigenvalue weighted by Crippen LogP contribution is -2.31. The molecule has 0 spiro atoms. The third kappa shape index (κ3) is 3.70. The van der Waals surface area contributed by atoms with E-state index in [1.165, 1.54) is 18.5 Å². The van der Waals surface area contributed by atoms with Crippen LogP contribution in [0.2, 0.25) is 0 Å². The van der Waals surface area contributed by atoms with Gasteiger partial charge in [-0.15, -0.1) is 0 Å². The molecule has 25 heavy (non-hydrogen) atoms. The van der Waals surface area contributed by atoms with Crippen LogP contribution in [0.4, 0.5) is 0 Å². The fourth-order valence-electron chi connectivity index (χ4n) is 2.48. The van der Waals surface area contributed by atoms with Crippen LogP contribution < -0.4 is 9.46 Å². The Morgan fingerprint density at radius 2 is 2.04 bits per heavy atom. The molecular formula is C17H18N4O3S. The van der Waals surface area contributed by atoms with E-state index >= 15 is 0 Å². The molecule has 1 unspecified atom stereocenters. The number of aryl methyl sites for hydroxylation is 1. The molecule has 2 aromatic heterocycles. The average molecular weight is 358 g/mol. The number of pyridine rings is 1. The topological polar surface area (TPSA) is 86.1 Å². The van der Waals surface area contributed by atoms with Gasteiger partial charge in [-0.2, -0.15) is 4.72 Å². The van der Waals surface area contributed by atoms with Crippen molar-refractivity contribution in [1.29, 1.82) is 0 Å². The Balaban J connectivity index is 2.05. The smallest absolute Gasteiger partial charge is 0.243 e. The number of ether oxygens (including phenoxy) is 1. The first kappa shape index (κ1) is 17.1. The number of hydrogen-bond donors (Lipinski definition) is 1. The zero-order valence-electron chi connectivity index (χ0n) is 13.8. The largest absolute Gasteiger partial charge is 0.497 e. The Morgan fingerprint density at radius 1 is 1.20 bits per heavy atom. The van der Waals surface area contributed by atoms with Crippen molar-refractivity contribution in [1.82, 2.24) is 19.3 Å². The second-order valence-corrected chi connectivity index (χ2v) is 7.13. The molecule has 0 aliphatic heterocycles. The third-order valence-electron chi connectivity index (χ3n) is 3.76. The molecule has 0 aliphatic carbocycles. The van der Waals surface area contributed by atoms with Crippen LogP contribution in [-0.2, 0) is 17.1 Å². The van der Waals surface area contributed by atoms with Crippen molar-refractivity contribution in [3.05, 3.63) is 72.6 Å². The van der Waals surface area contributed by atoms with Crippen LogP contribution in [0.15, 0.2) is 66.1 Å². The molecule has 0 saturated carbocycles. The molecule has 0 bridgehead atoms. The predicted molar refractivity (Wildman–Crippen MR) is 92.6 cm³/mol. The number of hydrogen-bond acceptors (Lipinski definition) is 5. The minimum Gasteiger partial charge on any atom is -0.497 e. The van der Waals surface area contributed by atoms with Crippen LogP contribution in [0.1, 0.15) is 17.4 Å². The number of benzene rings is 1. The van der Waals surface area contributed by atoms with Crippen molar-refractivity contribution < 1.29 is 13.2 Å². The van der Waals surface area contributed by atoms with Gasteiger partial charge in [0.2, 0.25) is 10.0 Å². The summed E-state index contributed by atoms with van der Waals surface area (Å²) in [4.78, 5) is 8.28. The molecular weight excluding hydrogens is 340 g/mol. The Morgan fingerprint density at radius 3 is 2.68 bits per heavy atom. The summed E-state index contributed by atoms with van der Waals surface area (Å²) in [5.74, 6) is 1.21. The van der Waals surface area contributed by atoms with E-state index in [9.17, 15) is 8.42 Å². The third-order valence-corrected chi connectivity index (χ3v) is 5.17. The molecule has 7 nitrogen and oxygen atoms in total. The molecule has 8 heteroatoms. The molecule has 0 fully saturated rings. The zero-order chi connectivity index (χ0) is 17.9. The van der Waals surface area contributed by atoms with Gasteiger partial charge in [0.15, 0.2) is 0 Å². The number of aromatic nitrogens is 3. The highest BCUT2D eigenvalue weighted by atomic mass is 32.2. The summed E-state index contributed by atoms with van der Waals surface area (Å²) in [5.41, 5.74) is 0.723. The van der Waals surface area contributed by atoms with Crippen LogP contribution in [0.25, 0.3) is 0 Å². The lowest BCUT2D eigenvalue weighted by atomic mass is 10.1. The SMILES string of the molecule is COc1cccc(C(NS(=O)(=O)c2cccnc2)c2nccn2C)c1. The van der Waals surface area contributed by atoms with E-state index < -0.39 is 16.1 Å². The van der Waals surface area contributed by atoms with Crippen molar-refractivity contribution >= 4 is 10.0 Å². The summed E-state index contributed by atoms with van der Waals surface area (Å²) < 4.78 is 35.3. The lowest BCUT2D eigenvalue weighted by molar-refractivity contribution is 0.413.